The second-order valence-electron chi connectivity index (χ2n) is 4.63. The maximum absolute atomic E-state index is 11.7. The van der Waals surface area contributed by atoms with Gasteiger partial charge in [0.1, 0.15) is 0 Å². The standard InChI is InChI=1S/C12H17ClN4O2S/c1-17-6-3-8-9(7-17)20-12(15-8)16-11(19)10(18)14-5-2-4-13/h2-7H2,1H3,(H,14,18)(H,15,16,19). The van der Waals surface area contributed by atoms with Gasteiger partial charge in [-0.05, 0) is 13.5 Å². The first-order valence-corrected chi connectivity index (χ1v) is 7.77. The Morgan fingerprint density at radius 3 is 3.00 bits per heavy atom. The molecule has 8 heteroatoms. The molecule has 0 bridgehead atoms. The third kappa shape index (κ3) is 3.91. The number of likely N-dealkylation sites (N-methyl/N-ethyl adjacent to an activating group) is 1. The summed E-state index contributed by atoms with van der Waals surface area (Å²) in [5.41, 5.74) is 1.02. The van der Waals surface area contributed by atoms with Crippen LogP contribution in [0, 0.1) is 0 Å². The lowest BCUT2D eigenvalue weighted by molar-refractivity contribution is -0.136. The van der Waals surface area contributed by atoms with E-state index in [-0.39, 0.29) is 0 Å². The first kappa shape index (κ1) is 15.2. The van der Waals surface area contributed by atoms with E-state index in [1.807, 2.05) is 7.05 Å². The minimum Gasteiger partial charge on any atom is -0.348 e. The van der Waals surface area contributed by atoms with Gasteiger partial charge in [0.2, 0.25) is 0 Å². The van der Waals surface area contributed by atoms with Crippen LogP contribution in [-0.4, -0.2) is 47.7 Å². The summed E-state index contributed by atoms with van der Waals surface area (Å²) in [6.07, 6.45) is 1.51. The van der Waals surface area contributed by atoms with E-state index in [1.54, 1.807) is 0 Å². The minimum atomic E-state index is -0.681. The number of anilines is 1. The summed E-state index contributed by atoms with van der Waals surface area (Å²) in [6, 6.07) is 0. The van der Waals surface area contributed by atoms with Crippen LogP contribution in [0.2, 0.25) is 0 Å². The quantitative estimate of drug-likeness (QED) is 0.490. The van der Waals surface area contributed by atoms with Gasteiger partial charge < -0.3 is 10.2 Å². The van der Waals surface area contributed by atoms with Crippen LogP contribution >= 0.6 is 22.9 Å². The number of hydrogen-bond acceptors (Lipinski definition) is 5. The molecule has 110 valence electrons. The van der Waals surface area contributed by atoms with Gasteiger partial charge in [-0.2, -0.15) is 0 Å². The predicted octanol–water partition coefficient (Wildman–Crippen LogP) is 0.815. The van der Waals surface area contributed by atoms with Crippen molar-refractivity contribution in [3.63, 3.8) is 0 Å². The van der Waals surface area contributed by atoms with E-state index in [2.05, 4.69) is 20.5 Å². The van der Waals surface area contributed by atoms with Crippen molar-refractivity contribution < 1.29 is 9.59 Å². The molecule has 1 aromatic rings. The van der Waals surface area contributed by atoms with Crippen molar-refractivity contribution in [1.29, 1.82) is 0 Å². The molecule has 0 unspecified atom stereocenters. The number of amides is 2. The van der Waals surface area contributed by atoms with E-state index in [1.165, 1.54) is 11.3 Å². The van der Waals surface area contributed by atoms with Crippen molar-refractivity contribution in [2.24, 2.45) is 0 Å². The number of alkyl halides is 1. The SMILES string of the molecule is CN1CCc2nc(NC(=O)C(=O)NCCCCl)sc2C1. The first-order valence-electron chi connectivity index (χ1n) is 6.42. The number of carbonyl (C=O) groups is 2. The zero-order chi connectivity index (χ0) is 14.5. The minimum absolute atomic E-state index is 0.398. The van der Waals surface area contributed by atoms with E-state index in [4.69, 9.17) is 11.6 Å². The van der Waals surface area contributed by atoms with Gasteiger partial charge in [0, 0.05) is 36.8 Å². The average molecular weight is 317 g/mol. The fraction of sp³-hybridized carbons (Fsp3) is 0.583. The Labute approximate surface area is 126 Å². The lowest BCUT2D eigenvalue weighted by Gasteiger charge is -2.20. The second-order valence-corrected chi connectivity index (χ2v) is 6.09. The highest BCUT2D eigenvalue weighted by Crippen LogP contribution is 2.27. The Kier molecular flexibility index (Phi) is 5.33. The van der Waals surface area contributed by atoms with Crippen LogP contribution in [0.1, 0.15) is 17.0 Å². The third-order valence-electron chi connectivity index (χ3n) is 2.94. The predicted molar refractivity (Wildman–Crippen MR) is 79.1 cm³/mol. The number of carbonyl (C=O) groups excluding carboxylic acids is 2. The highest BCUT2D eigenvalue weighted by atomic mass is 35.5. The molecule has 2 rings (SSSR count). The lowest BCUT2D eigenvalue weighted by Crippen LogP contribution is -2.36. The molecule has 0 atom stereocenters. The summed E-state index contributed by atoms with van der Waals surface area (Å²) < 4.78 is 0. The van der Waals surface area contributed by atoms with Crippen LogP contribution in [0.4, 0.5) is 5.13 Å². The molecule has 1 aliphatic heterocycles. The van der Waals surface area contributed by atoms with Gasteiger partial charge in [-0.1, -0.05) is 0 Å². The molecular formula is C12H17ClN4O2S. The van der Waals surface area contributed by atoms with Gasteiger partial charge in [-0.3, -0.25) is 14.9 Å². The Morgan fingerprint density at radius 1 is 1.45 bits per heavy atom. The molecule has 2 N–H and O–H groups in total. The maximum atomic E-state index is 11.7. The number of rotatable bonds is 4. The number of aromatic nitrogens is 1. The topological polar surface area (TPSA) is 74.3 Å². The largest absolute Gasteiger partial charge is 0.348 e. The molecular weight excluding hydrogens is 300 g/mol. The molecule has 1 aromatic heterocycles. The molecule has 0 saturated carbocycles. The number of fused-ring (bicyclic) bond motifs is 1. The molecule has 1 aliphatic rings. The Hall–Kier alpha value is -1.18. The summed E-state index contributed by atoms with van der Waals surface area (Å²) in [5, 5.41) is 5.54. The van der Waals surface area contributed by atoms with Gasteiger partial charge in [0.15, 0.2) is 5.13 Å². The summed E-state index contributed by atoms with van der Waals surface area (Å²) >= 11 is 6.93. The fourth-order valence-corrected chi connectivity index (χ4v) is 3.10. The zero-order valence-corrected chi connectivity index (χ0v) is 12.8. The van der Waals surface area contributed by atoms with Crippen LogP contribution in [-0.2, 0) is 22.6 Å². The molecule has 0 radical (unpaired) electrons. The normalized spacial score (nSPS) is 14.7. The second kappa shape index (κ2) is 7.01. The Balaban J connectivity index is 1.90. The van der Waals surface area contributed by atoms with Crippen molar-refractivity contribution in [2.75, 3.05) is 31.3 Å². The molecule has 0 aliphatic carbocycles. The van der Waals surface area contributed by atoms with Crippen LogP contribution in [0.3, 0.4) is 0 Å². The maximum Gasteiger partial charge on any atom is 0.315 e. The molecule has 0 aromatic carbocycles. The van der Waals surface area contributed by atoms with E-state index in [0.29, 0.717) is 24.0 Å². The molecule has 6 nitrogen and oxygen atoms in total. The molecule has 2 amide bonds. The fourth-order valence-electron chi connectivity index (χ4n) is 1.88. The van der Waals surface area contributed by atoms with Crippen LogP contribution < -0.4 is 10.6 Å². The Morgan fingerprint density at radius 2 is 2.25 bits per heavy atom. The summed E-state index contributed by atoms with van der Waals surface area (Å²) in [5.74, 6) is -0.881. The lowest BCUT2D eigenvalue weighted by atomic mass is 10.2. The molecule has 0 spiro atoms. The van der Waals surface area contributed by atoms with Crippen molar-refractivity contribution >= 4 is 39.9 Å². The number of halogens is 1. The van der Waals surface area contributed by atoms with Crippen LogP contribution in [0.25, 0.3) is 0 Å². The average Bonchev–Trinajstić information content (AvgIpc) is 2.80. The van der Waals surface area contributed by atoms with Gasteiger partial charge in [0.05, 0.1) is 5.69 Å². The van der Waals surface area contributed by atoms with Crippen molar-refractivity contribution in [3.05, 3.63) is 10.6 Å². The molecule has 20 heavy (non-hydrogen) atoms. The third-order valence-corrected chi connectivity index (χ3v) is 4.21. The Bertz CT molecular complexity index is 506. The van der Waals surface area contributed by atoms with E-state index < -0.39 is 11.8 Å². The number of hydrogen-bond donors (Lipinski definition) is 2. The molecule has 0 saturated heterocycles. The van der Waals surface area contributed by atoms with Gasteiger partial charge >= 0.3 is 11.8 Å². The van der Waals surface area contributed by atoms with Crippen molar-refractivity contribution in [3.8, 4) is 0 Å². The van der Waals surface area contributed by atoms with E-state index in [9.17, 15) is 9.59 Å². The van der Waals surface area contributed by atoms with Crippen molar-refractivity contribution in [1.82, 2.24) is 15.2 Å². The monoisotopic (exact) mass is 316 g/mol. The summed E-state index contributed by atoms with van der Waals surface area (Å²) in [7, 11) is 2.05. The van der Waals surface area contributed by atoms with Crippen molar-refractivity contribution in [2.45, 2.75) is 19.4 Å². The van der Waals surface area contributed by atoms with Crippen LogP contribution in [0.5, 0.6) is 0 Å². The van der Waals surface area contributed by atoms with Gasteiger partial charge in [0.25, 0.3) is 0 Å². The van der Waals surface area contributed by atoms with Crippen LogP contribution in [0.15, 0.2) is 0 Å². The zero-order valence-electron chi connectivity index (χ0n) is 11.2. The summed E-state index contributed by atoms with van der Waals surface area (Å²) in [6.45, 7) is 2.20. The van der Waals surface area contributed by atoms with Gasteiger partial charge in [-0.15, -0.1) is 22.9 Å². The molecule has 0 fully saturated rings. The van der Waals surface area contributed by atoms with E-state index >= 15 is 0 Å². The molecule has 2 heterocycles. The number of nitrogens with zero attached hydrogens (tertiary/aromatic N) is 2. The first-order chi connectivity index (χ1) is 9.60. The summed E-state index contributed by atoms with van der Waals surface area (Å²) in [4.78, 5) is 30.9. The number of thiazole rings is 1. The highest BCUT2D eigenvalue weighted by molar-refractivity contribution is 7.16. The smallest absolute Gasteiger partial charge is 0.315 e. The van der Waals surface area contributed by atoms with E-state index in [0.717, 1.165) is 30.1 Å². The number of nitrogens with one attached hydrogen (secondary N) is 2. The highest BCUT2D eigenvalue weighted by Gasteiger charge is 2.20. The van der Waals surface area contributed by atoms with Gasteiger partial charge in [-0.25, -0.2) is 4.98 Å².